The monoisotopic (exact) mass is 488 g/mol. The van der Waals surface area contributed by atoms with E-state index in [1.807, 2.05) is 25.2 Å². The van der Waals surface area contributed by atoms with Crippen LogP contribution in [0, 0.1) is 23.7 Å². The van der Waals surface area contributed by atoms with Crippen molar-refractivity contribution in [3.05, 3.63) is 71.8 Å². The van der Waals surface area contributed by atoms with Crippen LogP contribution >= 0.6 is 0 Å². The first-order valence-electron chi connectivity index (χ1n) is 12.5. The van der Waals surface area contributed by atoms with Gasteiger partial charge in [-0.1, -0.05) is 60.7 Å². The molecule has 2 aromatic carbocycles. The smallest absolute Gasteiger partial charge is 0.870 e. The Bertz CT molecular complexity index is 837. The molecule has 7 heteroatoms. The normalized spacial score (nSPS) is 24.3. The third-order valence-corrected chi connectivity index (χ3v) is 7.10. The Hall–Kier alpha value is -1.94. The number of rotatable bonds is 6. The number of carboxylic acid groups (broad SMARTS) is 1. The van der Waals surface area contributed by atoms with Crippen LogP contribution in [0.3, 0.4) is 0 Å². The molecule has 0 amide bonds. The number of likely N-dealkylation sites (tertiary alicyclic amines) is 2. The Labute approximate surface area is 228 Å². The van der Waals surface area contributed by atoms with Crippen molar-refractivity contribution in [3.8, 4) is 0 Å². The van der Waals surface area contributed by atoms with Gasteiger partial charge in [0.2, 0.25) is 0 Å². The molecule has 36 heavy (non-hydrogen) atoms. The van der Waals surface area contributed by atoms with E-state index in [4.69, 9.17) is 5.11 Å². The molecule has 192 valence electrons. The molecule has 0 spiro atoms. The minimum atomic E-state index is -0.658. The zero-order valence-corrected chi connectivity index (χ0v) is 22.3. The second kappa shape index (κ2) is 16.0. The number of nitrogens with zero attached hydrogens (tertiary/aromatic N) is 2. The summed E-state index contributed by atoms with van der Waals surface area (Å²) in [6.45, 7) is 5.45. The second-order valence-electron chi connectivity index (χ2n) is 10.4. The molecule has 2 heterocycles. The van der Waals surface area contributed by atoms with Gasteiger partial charge in [-0.15, -0.1) is 0 Å². The van der Waals surface area contributed by atoms with Crippen molar-refractivity contribution in [2.24, 2.45) is 23.7 Å². The molecule has 0 radical (unpaired) electrons. The maximum Gasteiger partial charge on any atom is 1.00 e. The van der Waals surface area contributed by atoms with Crippen molar-refractivity contribution < 1.29 is 39.0 Å². The second-order valence-corrected chi connectivity index (χ2v) is 10.4. The Morgan fingerprint density at radius 2 is 1.14 bits per heavy atom. The Morgan fingerprint density at radius 1 is 0.750 bits per heavy atom. The molecule has 4 rings (SSSR count). The van der Waals surface area contributed by atoms with Gasteiger partial charge in [0.1, 0.15) is 5.78 Å². The number of carboxylic acids is 1. The molecule has 4 atom stereocenters. The molecular weight excluding hydrogens is 447 g/mol. The summed E-state index contributed by atoms with van der Waals surface area (Å²) < 4.78 is 0. The number of hydrogen-bond acceptors (Lipinski definition) is 5. The molecule has 0 aliphatic carbocycles. The topological polar surface area (TPSA) is 90.9 Å². The first-order chi connectivity index (χ1) is 16.3. The summed E-state index contributed by atoms with van der Waals surface area (Å²) in [5.41, 5.74) is 2.69. The van der Waals surface area contributed by atoms with E-state index >= 15 is 0 Å². The van der Waals surface area contributed by atoms with Gasteiger partial charge in [0.05, 0.1) is 5.92 Å². The van der Waals surface area contributed by atoms with Gasteiger partial charge >= 0.3 is 24.8 Å². The molecule has 0 aromatic heterocycles. The van der Waals surface area contributed by atoms with Crippen molar-refractivity contribution >= 4 is 11.8 Å². The van der Waals surface area contributed by atoms with Crippen LogP contribution in [0.2, 0.25) is 0 Å². The molecule has 2 saturated heterocycles. The zero-order valence-electron chi connectivity index (χ0n) is 22.3. The van der Waals surface area contributed by atoms with Crippen LogP contribution in [0.15, 0.2) is 60.7 Å². The van der Waals surface area contributed by atoms with Crippen molar-refractivity contribution in [2.45, 2.75) is 32.6 Å². The van der Waals surface area contributed by atoms with Crippen LogP contribution < -0.4 is 18.9 Å². The first kappa shape index (κ1) is 32.1. The van der Waals surface area contributed by atoms with Crippen molar-refractivity contribution in [1.29, 1.82) is 0 Å². The molecule has 0 saturated carbocycles. The van der Waals surface area contributed by atoms with Crippen molar-refractivity contribution in [2.75, 3.05) is 40.3 Å². The Morgan fingerprint density at radius 3 is 1.53 bits per heavy atom. The van der Waals surface area contributed by atoms with Gasteiger partial charge in [0.25, 0.3) is 0 Å². The summed E-state index contributed by atoms with van der Waals surface area (Å²) >= 11 is 0. The molecular formula is C29H41LiN2O4. The fourth-order valence-corrected chi connectivity index (χ4v) is 5.55. The molecule has 2 aliphatic rings. The molecule has 4 unspecified atom stereocenters. The fraction of sp³-hybridized carbons (Fsp3) is 0.517. The minimum Gasteiger partial charge on any atom is -0.870 e. The number of hydrogen-bond donors (Lipinski definition) is 1. The summed E-state index contributed by atoms with van der Waals surface area (Å²) in [5, 5.41) is 9.11. The predicted molar refractivity (Wildman–Crippen MR) is 139 cm³/mol. The number of aliphatic carboxylic acids is 1. The van der Waals surface area contributed by atoms with Crippen molar-refractivity contribution in [3.63, 3.8) is 0 Å². The van der Waals surface area contributed by atoms with E-state index in [9.17, 15) is 9.59 Å². The summed E-state index contributed by atoms with van der Waals surface area (Å²) in [6, 6.07) is 20.9. The standard InChI is InChI=1S/C15H21NO.C14H19NO2.Li.H2O/c1-12(17)15-9-14(10-16(2)11-15)8-13-6-4-3-5-7-13;1-15-9-12(8-13(10-15)14(16)17)7-11-5-3-2-4-6-11;;/h3-7,14-15H,8-11H2,1-2H3;2-6,12-13H,7-10H2,1H3,(H,16,17);;1H2/q;;+1;/p-1. The largest absolute Gasteiger partial charge is 1.00 e. The van der Waals surface area contributed by atoms with Gasteiger partial charge in [0, 0.05) is 32.1 Å². The number of ketones is 1. The summed E-state index contributed by atoms with van der Waals surface area (Å²) in [6.07, 6.45) is 3.92. The van der Waals surface area contributed by atoms with Gasteiger partial charge in [-0.2, -0.15) is 0 Å². The van der Waals surface area contributed by atoms with E-state index in [1.165, 1.54) is 11.1 Å². The average Bonchev–Trinajstić information content (AvgIpc) is 2.80. The van der Waals surface area contributed by atoms with Crippen LogP contribution in [-0.4, -0.2) is 72.4 Å². The molecule has 0 bridgehead atoms. The zero-order chi connectivity index (χ0) is 24.5. The number of benzene rings is 2. The van der Waals surface area contributed by atoms with E-state index in [0.29, 0.717) is 24.2 Å². The van der Waals surface area contributed by atoms with E-state index in [-0.39, 0.29) is 36.2 Å². The van der Waals surface area contributed by atoms with Gasteiger partial charge in [0.15, 0.2) is 0 Å². The Balaban J connectivity index is 0.000000341. The third-order valence-electron chi connectivity index (χ3n) is 7.10. The van der Waals surface area contributed by atoms with Crippen LogP contribution in [-0.2, 0) is 22.4 Å². The number of carbonyl (C=O) groups is 2. The quantitative estimate of drug-likeness (QED) is 0.613. The number of piperidine rings is 2. The van der Waals surface area contributed by atoms with E-state index in [2.05, 4.69) is 59.3 Å². The van der Waals surface area contributed by atoms with E-state index in [1.54, 1.807) is 6.92 Å². The molecule has 2 aromatic rings. The van der Waals surface area contributed by atoms with E-state index in [0.717, 1.165) is 45.3 Å². The van der Waals surface area contributed by atoms with Crippen LogP contribution in [0.5, 0.6) is 0 Å². The SMILES string of the molecule is CC(=O)C1CC(Cc2ccccc2)CN(C)C1.CN1CC(Cc2ccccc2)CC(C(=O)O)C1.[Li+].[OH-]. The van der Waals surface area contributed by atoms with Crippen LogP contribution in [0.1, 0.15) is 30.9 Å². The summed E-state index contributed by atoms with van der Waals surface area (Å²) in [5.74, 6) is 0.788. The minimum absolute atomic E-state index is 0. The predicted octanol–water partition coefficient (Wildman–Crippen LogP) is 1.09. The van der Waals surface area contributed by atoms with Gasteiger partial charge in [-0.3, -0.25) is 9.59 Å². The average molecular weight is 489 g/mol. The maximum absolute atomic E-state index is 11.5. The van der Waals surface area contributed by atoms with Crippen molar-refractivity contribution in [1.82, 2.24) is 9.80 Å². The number of carbonyl (C=O) groups excluding carboxylic acids is 1. The molecule has 2 aliphatic heterocycles. The first-order valence-corrected chi connectivity index (χ1v) is 12.5. The van der Waals surface area contributed by atoms with Crippen LogP contribution in [0.4, 0.5) is 0 Å². The summed E-state index contributed by atoms with van der Waals surface area (Å²) in [7, 11) is 4.13. The number of Topliss-reactive ketones (excluding diaryl/α,β-unsaturated/α-hetero) is 1. The van der Waals surface area contributed by atoms with Gasteiger partial charge in [-0.25, -0.2) is 0 Å². The third kappa shape index (κ3) is 10.6. The van der Waals surface area contributed by atoms with Gasteiger partial charge in [-0.05, 0) is 69.7 Å². The maximum atomic E-state index is 11.5. The Kier molecular flexibility index (Phi) is 14.3. The summed E-state index contributed by atoms with van der Waals surface area (Å²) in [4.78, 5) is 27.0. The van der Waals surface area contributed by atoms with E-state index < -0.39 is 5.97 Å². The van der Waals surface area contributed by atoms with Gasteiger partial charge < -0.3 is 20.4 Å². The molecule has 2 fully saturated rings. The van der Waals surface area contributed by atoms with Crippen LogP contribution in [0.25, 0.3) is 0 Å². The molecule has 6 nitrogen and oxygen atoms in total. The molecule has 2 N–H and O–H groups in total. The fourth-order valence-electron chi connectivity index (χ4n) is 5.55.